The largest absolute Gasteiger partial charge is 0.443 e. The second-order valence-corrected chi connectivity index (χ2v) is 4.66. The van der Waals surface area contributed by atoms with E-state index in [-0.39, 0.29) is 0 Å². The van der Waals surface area contributed by atoms with Crippen LogP contribution in [-0.2, 0) is 6.42 Å². The van der Waals surface area contributed by atoms with Crippen molar-refractivity contribution in [1.29, 1.82) is 0 Å². The molecular weight excluding hydrogens is 256 g/mol. The van der Waals surface area contributed by atoms with Gasteiger partial charge in [-0.2, -0.15) is 0 Å². The summed E-state index contributed by atoms with van der Waals surface area (Å²) in [6.45, 7) is 2.83. The fraction of sp³-hybridized carbons (Fsp3) is 0.364. The Labute approximate surface area is 96.8 Å². The van der Waals surface area contributed by atoms with E-state index >= 15 is 0 Å². The number of oxazole rings is 1. The van der Waals surface area contributed by atoms with Crippen LogP contribution in [0.4, 0.5) is 0 Å². The highest BCUT2D eigenvalue weighted by atomic mass is 79.9. The Kier molecular flexibility index (Phi) is 3.07. The lowest BCUT2D eigenvalue weighted by atomic mass is 10.0. The fourth-order valence-corrected chi connectivity index (χ4v) is 2.03. The molecule has 0 saturated heterocycles. The number of benzene rings is 1. The second kappa shape index (κ2) is 4.33. The molecule has 2 aromatic rings. The molecule has 0 aliphatic heterocycles. The number of nitrogens with zero attached hydrogens (tertiary/aromatic N) is 1. The molecule has 4 heteroatoms. The summed E-state index contributed by atoms with van der Waals surface area (Å²) in [6.07, 6.45) is 2.42. The van der Waals surface area contributed by atoms with Crippen LogP contribution in [0.1, 0.15) is 12.5 Å². The van der Waals surface area contributed by atoms with E-state index in [0.717, 1.165) is 22.0 Å². The van der Waals surface area contributed by atoms with Gasteiger partial charge in [-0.1, -0.05) is 22.9 Å². The third kappa shape index (κ3) is 2.21. The normalized spacial score (nSPS) is 13.3. The molecule has 0 saturated carbocycles. The van der Waals surface area contributed by atoms with Crippen LogP contribution >= 0.6 is 15.9 Å². The first-order valence-electron chi connectivity index (χ1n) is 4.92. The summed E-state index contributed by atoms with van der Waals surface area (Å²) in [6, 6.07) is 4.01. The van der Waals surface area contributed by atoms with Gasteiger partial charge in [0.25, 0.3) is 0 Å². The minimum atomic E-state index is 0.474. The van der Waals surface area contributed by atoms with E-state index in [1.165, 1.54) is 12.0 Å². The van der Waals surface area contributed by atoms with Crippen molar-refractivity contribution >= 4 is 27.0 Å². The van der Waals surface area contributed by atoms with Crippen molar-refractivity contribution in [2.24, 2.45) is 11.7 Å². The Morgan fingerprint density at radius 2 is 2.33 bits per heavy atom. The molecule has 1 unspecified atom stereocenters. The van der Waals surface area contributed by atoms with Crippen LogP contribution in [0.2, 0.25) is 0 Å². The average Bonchev–Trinajstić information content (AvgIpc) is 2.65. The number of hydrogen-bond donors (Lipinski definition) is 1. The summed E-state index contributed by atoms with van der Waals surface area (Å²) < 4.78 is 6.34. The molecule has 1 heterocycles. The Balaban J connectivity index is 2.37. The van der Waals surface area contributed by atoms with Crippen molar-refractivity contribution in [3.63, 3.8) is 0 Å². The first kappa shape index (κ1) is 10.6. The number of rotatable bonds is 3. The maximum Gasteiger partial charge on any atom is 0.181 e. The Hall–Kier alpha value is -0.870. The molecule has 0 aliphatic carbocycles. The molecule has 1 aromatic carbocycles. The number of hydrogen-bond acceptors (Lipinski definition) is 3. The SMILES string of the molecule is CC(CN)Cc1cc2ocnc2cc1Br. The van der Waals surface area contributed by atoms with Crippen molar-refractivity contribution in [3.8, 4) is 0 Å². The van der Waals surface area contributed by atoms with Gasteiger partial charge in [-0.25, -0.2) is 4.98 Å². The van der Waals surface area contributed by atoms with Crippen LogP contribution in [-0.4, -0.2) is 11.5 Å². The summed E-state index contributed by atoms with van der Waals surface area (Å²) in [4.78, 5) is 4.10. The van der Waals surface area contributed by atoms with Gasteiger partial charge in [-0.05, 0) is 36.6 Å². The molecule has 0 spiro atoms. The molecule has 2 N–H and O–H groups in total. The van der Waals surface area contributed by atoms with Gasteiger partial charge in [-0.3, -0.25) is 0 Å². The minimum absolute atomic E-state index is 0.474. The molecule has 0 aliphatic rings. The van der Waals surface area contributed by atoms with E-state index in [1.54, 1.807) is 0 Å². The standard InChI is InChI=1S/C11H13BrN2O/c1-7(5-13)2-8-3-11-10(4-9(8)12)14-6-15-11/h3-4,6-7H,2,5,13H2,1H3. The lowest BCUT2D eigenvalue weighted by molar-refractivity contribution is 0.586. The summed E-state index contributed by atoms with van der Waals surface area (Å²) >= 11 is 3.54. The summed E-state index contributed by atoms with van der Waals surface area (Å²) in [5.41, 5.74) is 8.54. The van der Waals surface area contributed by atoms with Crippen LogP contribution in [0.5, 0.6) is 0 Å². The van der Waals surface area contributed by atoms with E-state index in [2.05, 4.69) is 27.8 Å². The molecule has 0 bridgehead atoms. The number of fused-ring (bicyclic) bond motifs is 1. The smallest absolute Gasteiger partial charge is 0.181 e. The third-order valence-electron chi connectivity index (χ3n) is 2.47. The van der Waals surface area contributed by atoms with Gasteiger partial charge in [0.2, 0.25) is 0 Å². The van der Waals surface area contributed by atoms with Crippen LogP contribution in [0, 0.1) is 5.92 Å². The van der Waals surface area contributed by atoms with Gasteiger partial charge in [0.15, 0.2) is 12.0 Å². The quantitative estimate of drug-likeness (QED) is 0.932. The lowest BCUT2D eigenvalue weighted by Crippen LogP contribution is -2.13. The van der Waals surface area contributed by atoms with Crippen molar-refractivity contribution in [3.05, 3.63) is 28.6 Å². The third-order valence-corrected chi connectivity index (χ3v) is 3.21. The Morgan fingerprint density at radius 3 is 3.07 bits per heavy atom. The number of halogens is 1. The molecule has 80 valence electrons. The zero-order chi connectivity index (χ0) is 10.8. The van der Waals surface area contributed by atoms with Crippen LogP contribution < -0.4 is 5.73 Å². The first-order valence-corrected chi connectivity index (χ1v) is 5.71. The van der Waals surface area contributed by atoms with Crippen LogP contribution in [0.25, 0.3) is 11.1 Å². The molecule has 0 amide bonds. The summed E-state index contributed by atoms with van der Waals surface area (Å²) in [7, 11) is 0. The molecular formula is C11H13BrN2O. The molecule has 2 rings (SSSR count). The molecule has 0 radical (unpaired) electrons. The zero-order valence-corrected chi connectivity index (χ0v) is 10.1. The topological polar surface area (TPSA) is 52.0 Å². The highest BCUT2D eigenvalue weighted by Crippen LogP contribution is 2.25. The summed E-state index contributed by atoms with van der Waals surface area (Å²) in [5, 5.41) is 0. The highest BCUT2D eigenvalue weighted by molar-refractivity contribution is 9.10. The average molecular weight is 269 g/mol. The predicted octanol–water partition coefficient (Wildman–Crippen LogP) is 2.73. The van der Waals surface area contributed by atoms with E-state index in [1.807, 2.05) is 12.1 Å². The van der Waals surface area contributed by atoms with Gasteiger partial charge in [0.1, 0.15) is 5.52 Å². The molecule has 3 nitrogen and oxygen atoms in total. The first-order chi connectivity index (χ1) is 7.20. The van der Waals surface area contributed by atoms with Crippen molar-refractivity contribution in [1.82, 2.24) is 4.98 Å². The molecule has 1 aromatic heterocycles. The van der Waals surface area contributed by atoms with E-state index in [9.17, 15) is 0 Å². The van der Waals surface area contributed by atoms with E-state index < -0.39 is 0 Å². The maximum absolute atomic E-state index is 5.61. The predicted molar refractivity (Wildman–Crippen MR) is 63.6 cm³/mol. The highest BCUT2D eigenvalue weighted by Gasteiger charge is 2.08. The minimum Gasteiger partial charge on any atom is -0.443 e. The monoisotopic (exact) mass is 268 g/mol. The molecule has 1 atom stereocenters. The maximum atomic E-state index is 5.61. The Morgan fingerprint density at radius 1 is 1.53 bits per heavy atom. The number of nitrogens with two attached hydrogens (primary N) is 1. The van der Waals surface area contributed by atoms with E-state index in [0.29, 0.717) is 12.5 Å². The van der Waals surface area contributed by atoms with Gasteiger partial charge in [0, 0.05) is 4.47 Å². The Bertz CT molecular complexity index is 467. The molecule has 0 fully saturated rings. The van der Waals surface area contributed by atoms with Gasteiger partial charge < -0.3 is 10.2 Å². The number of aromatic nitrogens is 1. The lowest BCUT2D eigenvalue weighted by Gasteiger charge is -2.09. The van der Waals surface area contributed by atoms with Crippen LogP contribution in [0.15, 0.2) is 27.4 Å². The van der Waals surface area contributed by atoms with E-state index in [4.69, 9.17) is 10.2 Å². The van der Waals surface area contributed by atoms with Gasteiger partial charge in [-0.15, -0.1) is 0 Å². The fourth-order valence-electron chi connectivity index (χ4n) is 1.54. The zero-order valence-electron chi connectivity index (χ0n) is 8.53. The van der Waals surface area contributed by atoms with Crippen molar-refractivity contribution < 1.29 is 4.42 Å². The molecule has 15 heavy (non-hydrogen) atoms. The van der Waals surface area contributed by atoms with Gasteiger partial charge in [0.05, 0.1) is 0 Å². The van der Waals surface area contributed by atoms with Gasteiger partial charge >= 0.3 is 0 Å². The summed E-state index contributed by atoms with van der Waals surface area (Å²) in [5.74, 6) is 0.474. The van der Waals surface area contributed by atoms with Crippen molar-refractivity contribution in [2.45, 2.75) is 13.3 Å². The van der Waals surface area contributed by atoms with Crippen molar-refractivity contribution in [2.75, 3.05) is 6.54 Å². The van der Waals surface area contributed by atoms with Crippen LogP contribution in [0.3, 0.4) is 0 Å². The second-order valence-electron chi connectivity index (χ2n) is 3.81.